The molecule has 29 heavy (non-hydrogen) atoms. The third-order valence-electron chi connectivity index (χ3n) is 4.14. The summed E-state index contributed by atoms with van der Waals surface area (Å²) in [5.74, 6) is 0.00372. The van der Waals surface area contributed by atoms with Crippen LogP contribution in [0, 0.1) is 0 Å². The topological polar surface area (TPSA) is 120 Å². The lowest BCUT2D eigenvalue weighted by Crippen LogP contribution is -2.30. The van der Waals surface area contributed by atoms with E-state index >= 15 is 0 Å². The summed E-state index contributed by atoms with van der Waals surface area (Å²) in [6.07, 6.45) is 3.23. The maximum Gasteiger partial charge on any atom is 0.306 e. The van der Waals surface area contributed by atoms with E-state index in [4.69, 9.17) is 14.2 Å². The zero-order valence-corrected chi connectivity index (χ0v) is 17.4. The second-order valence-electron chi connectivity index (χ2n) is 6.52. The summed E-state index contributed by atoms with van der Waals surface area (Å²) in [7, 11) is -3.73. The Morgan fingerprint density at radius 2 is 1.83 bits per heavy atom. The number of unbranched alkanes of at least 4 members (excludes halogenated alkanes) is 2. The predicted octanol–water partition coefficient (Wildman–Crippen LogP) is 1.37. The minimum Gasteiger partial charge on any atom is -0.486 e. The fraction of sp³-hybridized carbons (Fsp3) is 0.579. The first-order valence-corrected chi connectivity index (χ1v) is 11.2. The average Bonchev–Trinajstić information content (AvgIpc) is 2.72. The molecule has 1 aliphatic heterocycles. The van der Waals surface area contributed by atoms with Crippen LogP contribution in [0.25, 0.3) is 0 Å². The summed E-state index contributed by atoms with van der Waals surface area (Å²) >= 11 is 0. The first-order chi connectivity index (χ1) is 13.9. The quantitative estimate of drug-likeness (QED) is 0.381. The number of rotatable bonds is 12. The standard InChI is InChI=1S/C19H28N2O7S/c1-2-3-4-9-20-18(22)14-28-19(23)6-5-10-21-29(24,25)15-7-8-16-17(13-15)27-12-11-26-16/h7-8,13,21H,2-6,9-12,14H2,1H3,(H,20,22). The number of benzene rings is 1. The van der Waals surface area contributed by atoms with Crippen LogP contribution in [0.5, 0.6) is 11.5 Å². The molecule has 1 aromatic carbocycles. The van der Waals surface area contributed by atoms with E-state index in [0.29, 0.717) is 31.3 Å². The van der Waals surface area contributed by atoms with Gasteiger partial charge < -0.3 is 19.5 Å². The van der Waals surface area contributed by atoms with Crippen molar-refractivity contribution in [1.82, 2.24) is 10.0 Å². The SMILES string of the molecule is CCCCCNC(=O)COC(=O)CCCNS(=O)(=O)c1ccc2c(c1)OCCO2. The molecular weight excluding hydrogens is 400 g/mol. The van der Waals surface area contributed by atoms with Crippen LogP contribution in [0.1, 0.15) is 39.0 Å². The smallest absolute Gasteiger partial charge is 0.306 e. The van der Waals surface area contributed by atoms with Crippen molar-refractivity contribution in [2.24, 2.45) is 0 Å². The van der Waals surface area contributed by atoms with Crippen molar-refractivity contribution in [3.8, 4) is 11.5 Å². The minimum absolute atomic E-state index is 0.00672. The Kier molecular flexibility index (Phi) is 9.20. The Hall–Kier alpha value is -2.33. The molecule has 0 aliphatic carbocycles. The van der Waals surface area contributed by atoms with E-state index in [2.05, 4.69) is 17.0 Å². The second-order valence-corrected chi connectivity index (χ2v) is 8.29. The van der Waals surface area contributed by atoms with E-state index in [1.165, 1.54) is 12.1 Å². The Morgan fingerprint density at radius 3 is 2.59 bits per heavy atom. The van der Waals surface area contributed by atoms with Crippen molar-refractivity contribution < 1.29 is 32.2 Å². The summed E-state index contributed by atoms with van der Waals surface area (Å²) in [4.78, 5) is 23.3. The third kappa shape index (κ3) is 7.90. The molecule has 0 bridgehead atoms. The first-order valence-electron chi connectivity index (χ1n) is 9.74. The number of hydrogen-bond acceptors (Lipinski definition) is 7. The minimum atomic E-state index is -3.73. The van der Waals surface area contributed by atoms with Gasteiger partial charge in [0, 0.05) is 25.6 Å². The molecule has 1 heterocycles. The molecule has 0 saturated heterocycles. The normalized spacial score (nSPS) is 13.0. The Balaban J connectivity index is 1.66. The van der Waals surface area contributed by atoms with Crippen LogP contribution in [0.2, 0.25) is 0 Å². The fourth-order valence-electron chi connectivity index (χ4n) is 2.59. The van der Waals surface area contributed by atoms with Gasteiger partial charge in [0.2, 0.25) is 10.0 Å². The number of nitrogens with one attached hydrogen (secondary N) is 2. The van der Waals surface area contributed by atoms with Gasteiger partial charge in [0.25, 0.3) is 5.91 Å². The maximum absolute atomic E-state index is 12.3. The molecular formula is C19H28N2O7S. The van der Waals surface area contributed by atoms with Crippen LogP contribution in [0.4, 0.5) is 0 Å². The van der Waals surface area contributed by atoms with Crippen LogP contribution in [0.3, 0.4) is 0 Å². The molecule has 0 saturated carbocycles. The van der Waals surface area contributed by atoms with Gasteiger partial charge in [-0.2, -0.15) is 0 Å². The van der Waals surface area contributed by atoms with Gasteiger partial charge in [-0.15, -0.1) is 0 Å². The zero-order chi connectivity index (χ0) is 21.1. The van der Waals surface area contributed by atoms with Gasteiger partial charge in [0.1, 0.15) is 13.2 Å². The number of esters is 1. The van der Waals surface area contributed by atoms with E-state index in [0.717, 1.165) is 19.3 Å². The number of sulfonamides is 1. The Labute approximate surface area is 171 Å². The zero-order valence-electron chi connectivity index (χ0n) is 16.6. The molecule has 10 heteroatoms. The lowest BCUT2D eigenvalue weighted by Gasteiger charge is -2.18. The van der Waals surface area contributed by atoms with Crippen molar-refractivity contribution in [3.63, 3.8) is 0 Å². The van der Waals surface area contributed by atoms with Gasteiger partial charge in [-0.1, -0.05) is 19.8 Å². The maximum atomic E-state index is 12.3. The van der Waals surface area contributed by atoms with Crippen molar-refractivity contribution in [1.29, 1.82) is 0 Å². The largest absolute Gasteiger partial charge is 0.486 e. The molecule has 2 N–H and O–H groups in total. The van der Waals surface area contributed by atoms with Crippen LogP contribution in [0.15, 0.2) is 23.1 Å². The summed E-state index contributed by atoms with van der Waals surface area (Å²) in [6.45, 7) is 3.16. The van der Waals surface area contributed by atoms with Gasteiger partial charge in [-0.3, -0.25) is 9.59 Å². The molecule has 0 radical (unpaired) electrons. The Bertz CT molecular complexity index is 796. The van der Waals surface area contributed by atoms with Crippen LogP contribution in [-0.4, -0.2) is 53.2 Å². The van der Waals surface area contributed by atoms with Gasteiger partial charge in [-0.25, -0.2) is 13.1 Å². The van der Waals surface area contributed by atoms with Gasteiger partial charge >= 0.3 is 5.97 Å². The number of hydrogen-bond donors (Lipinski definition) is 2. The molecule has 1 amide bonds. The number of ether oxygens (including phenoxy) is 3. The number of fused-ring (bicyclic) bond motifs is 1. The van der Waals surface area contributed by atoms with E-state index in [1.54, 1.807) is 6.07 Å². The van der Waals surface area contributed by atoms with E-state index in [1.807, 2.05) is 0 Å². The fourth-order valence-corrected chi connectivity index (χ4v) is 3.67. The highest BCUT2D eigenvalue weighted by Crippen LogP contribution is 2.32. The van der Waals surface area contributed by atoms with Crippen molar-refractivity contribution in [2.75, 3.05) is 32.9 Å². The number of carbonyl (C=O) groups excluding carboxylic acids is 2. The lowest BCUT2D eigenvalue weighted by molar-refractivity contribution is -0.148. The average molecular weight is 429 g/mol. The number of carbonyl (C=O) groups is 2. The highest BCUT2D eigenvalue weighted by atomic mass is 32.2. The third-order valence-corrected chi connectivity index (χ3v) is 5.60. The van der Waals surface area contributed by atoms with E-state index < -0.39 is 16.0 Å². The summed E-state index contributed by atoms with van der Waals surface area (Å²) < 4.78 is 42.8. The molecule has 0 fully saturated rings. The monoisotopic (exact) mass is 428 g/mol. The van der Waals surface area contributed by atoms with Gasteiger partial charge in [0.05, 0.1) is 4.90 Å². The molecule has 9 nitrogen and oxygen atoms in total. The highest BCUT2D eigenvalue weighted by molar-refractivity contribution is 7.89. The highest BCUT2D eigenvalue weighted by Gasteiger charge is 2.19. The van der Waals surface area contributed by atoms with E-state index in [-0.39, 0.29) is 36.8 Å². The molecule has 2 rings (SSSR count). The molecule has 1 aromatic rings. The molecule has 0 aromatic heterocycles. The van der Waals surface area contributed by atoms with Gasteiger partial charge in [-0.05, 0) is 25.0 Å². The van der Waals surface area contributed by atoms with Crippen molar-refractivity contribution in [3.05, 3.63) is 18.2 Å². The molecule has 162 valence electrons. The van der Waals surface area contributed by atoms with Crippen molar-refractivity contribution in [2.45, 2.75) is 43.9 Å². The summed E-state index contributed by atoms with van der Waals surface area (Å²) in [5, 5.41) is 2.67. The molecule has 0 spiro atoms. The summed E-state index contributed by atoms with van der Waals surface area (Å²) in [6, 6.07) is 4.39. The van der Waals surface area contributed by atoms with Crippen LogP contribution < -0.4 is 19.5 Å². The summed E-state index contributed by atoms with van der Waals surface area (Å²) in [5.41, 5.74) is 0. The van der Waals surface area contributed by atoms with Crippen LogP contribution in [-0.2, 0) is 24.3 Å². The Morgan fingerprint density at radius 1 is 1.07 bits per heavy atom. The predicted molar refractivity (Wildman–Crippen MR) is 105 cm³/mol. The molecule has 1 aliphatic rings. The van der Waals surface area contributed by atoms with E-state index in [9.17, 15) is 18.0 Å². The lowest BCUT2D eigenvalue weighted by atomic mass is 10.2. The van der Waals surface area contributed by atoms with Crippen molar-refractivity contribution >= 4 is 21.9 Å². The second kappa shape index (κ2) is 11.6. The number of amides is 1. The van der Waals surface area contributed by atoms with Gasteiger partial charge in [0.15, 0.2) is 18.1 Å². The van der Waals surface area contributed by atoms with Crippen LogP contribution >= 0.6 is 0 Å². The molecule has 0 atom stereocenters. The molecule has 0 unspecified atom stereocenters. The first kappa shape index (κ1) is 23.0.